The predicted octanol–water partition coefficient (Wildman–Crippen LogP) is 2.99. The molecular weight excluding hydrogens is 569 g/mol. The summed E-state index contributed by atoms with van der Waals surface area (Å²) in [5.74, 6) is -3.58. The van der Waals surface area contributed by atoms with Crippen molar-refractivity contribution in [3.05, 3.63) is 25.3 Å². The van der Waals surface area contributed by atoms with Crippen LogP contribution in [0, 0.1) is 17.8 Å². The number of carbonyl (C=O) groups is 5. The van der Waals surface area contributed by atoms with Crippen LogP contribution in [-0.2, 0) is 19.2 Å². The Kier molecular flexibility index (Phi) is 11.7. The number of urea groups is 1. The van der Waals surface area contributed by atoms with E-state index in [4.69, 9.17) is 23.2 Å². The molecule has 10 nitrogen and oxygen atoms in total. The van der Waals surface area contributed by atoms with Gasteiger partial charge in [0.25, 0.3) is 5.91 Å². The van der Waals surface area contributed by atoms with Gasteiger partial charge in [0, 0.05) is 31.0 Å². The van der Waals surface area contributed by atoms with Crippen molar-refractivity contribution < 1.29 is 24.0 Å². The van der Waals surface area contributed by atoms with Gasteiger partial charge in [0.1, 0.15) is 16.4 Å². The number of likely N-dealkylation sites (tertiary alicyclic amines) is 1. The fraction of sp³-hybridized carbons (Fsp3) is 0.690. The van der Waals surface area contributed by atoms with Crippen molar-refractivity contribution >= 4 is 52.7 Å². The highest BCUT2D eigenvalue weighted by atomic mass is 35.5. The summed E-state index contributed by atoms with van der Waals surface area (Å²) in [6, 6.07) is -3.51. The van der Waals surface area contributed by atoms with Gasteiger partial charge in [-0.15, -0.1) is 36.4 Å². The van der Waals surface area contributed by atoms with E-state index in [1.807, 2.05) is 13.8 Å². The van der Waals surface area contributed by atoms with E-state index in [9.17, 15) is 24.0 Å². The third-order valence-electron chi connectivity index (χ3n) is 8.47. The van der Waals surface area contributed by atoms with Crippen molar-refractivity contribution in [3.8, 4) is 0 Å². The summed E-state index contributed by atoms with van der Waals surface area (Å²) in [4.78, 5) is 67.4. The number of ketones is 1. The summed E-state index contributed by atoms with van der Waals surface area (Å²) >= 11 is 13.0. The molecule has 1 unspecified atom stereocenters. The van der Waals surface area contributed by atoms with Crippen molar-refractivity contribution in [1.29, 1.82) is 0 Å². The zero-order valence-corrected chi connectivity index (χ0v) is 25.4. The van der Waals surface area contributed by atoms with Gasteiger partial charge >= 0.3 is 6.03 Å². The largest absolute Gasteiger partial charge is 0.346 e. The molecule has 0 spiro atoms. The number of allylic oxidation sites excluding steroid dienone is 1. The lowest BCUT2D eigenvalue weighted by atomic mass is 9.83. The van der Waals surface area contributed by atoms with E-state index in [-0.39, 0.29) is 43.3 Å². The summed E-state index contributed by atoms with van der Waals surface area (Å²) in [6.07, 6.45) is 8.82. The lowest BCUT2D eigenvalue weighted by Crippen LogP contribution is -2.60. The normalized spacial score (nSPS) is 25.1. The third-order valence-corrected chi connectivity index (χ3v) is 9.54. The van der Waals surface area contributed by atoms with Gasteiger partial charge in [0.05, 0.1) is 6.04 Å². The van der Waals surface area contributed by atoms with Crippen LogP contribution in [0.1, 0.15) is 65.2 Å². The molecule has 0 aromatic rings. The van der Waals surface area contributed by atoms with Crippen LogP contribution in [0.4, 0.5) is 4.79 Å². The fourth-order valence-electron chi connectivity index (χ4n) is 5.89. The van der Waals surface area contributed by atoms with Gasteiger partial charge in [-0.05, 0) is 44.9 Å². The first-order valence-electron chi connectivity index (χ1n) is 14.6. The van der Waals surface area contributed by atoms with Gasteiger partial charge in [-0.1, -0.05) is 38.3 Å². The van der Waals surface area contributed by atoms with Crippen molar-refractivity contribution in [2.75, 3.05) is 13.1 Å². The first-order chi connectivity index (χ1) is 19.5. The Labute approximate surface area is 252 Å². The van der Waals surface area contributed by atoms with Gasteiger partial charge in [0.2, 0.25) is 17.6 Å². The highest BCUT2D eigenvalue weighted by molar-refractivity contribution is 6.51. The number of alkyl halides is 2. The minimum atomic E-state index is -1.19. The van der Waals surface area contributed by atoms with Gasteiger partial charge < -0.3 is 26.2 Å². The maximum absolute atomic E-state index is 14.1. The van der Waals surface area contributed by atoms with E-state index in [1.165, 1.54) is 11.0 Å². The molecule has 0 aromatic carbocycles. The van der Waals surface area contributed by atoms with E-state index >= 15 is 0 Å². The number of amides is 5. The van der Waals surface area contributed by atoms with Crippen LogP contribution < -0.4 is 21.3 Å². The Morgan fingerprint density at radius 2 is 1.71 bits per heavy atom. The van der Waals surface area contributed by atoms with Gasteiger partial charge in [-0.25, -0.2) is 4.79 Å². The maximum atomic E-state index is 14.1. The Morgan fingerprint density at radius 1 is 1.02 bits per heavy atom. The lowest BCUT2D eigenvalue weighted by Gasteiger charge is -2.36. The Bertz CT molecular complexity index is 1030. The quantitative estimate of drug-likeness (QED) is 0.136. The van der Waals surface area contributed by atoms with Crippen molar-refractivity contribution in [2.24, 2.45) is 17.8 Å². The van der Waals surface area contributed by atoms with Crippen LogP contribution in [-0.4, -0.2) is 76.0 Å². The third kappa shape index (κ3) is 7.83. The Morgan fingerprint density at radius 3 is 2.32 bits per heavy atom. The van der Waals surface area contributed by atoms with Crippen LogP contribution in [0.5, 0.6) is 0 Å². The maximum Gasteiger partial charge on any atom is 0.315 e. The molecule has 2 aliphatic carbocycles. The lowest BCUT2D eigenvalue weighted by molar-refractivity contribution is -0.144. The van der Waals surface area contributed by atoms with E-state index in [2.05, 4.69) is 34.4 Å². The molecule has 0 aromatic heterocycles. The molecule has 1 heterocycles. The topological polar surface area (TPSA) is 137 Å². The van der Waals surface area contributed by atoms with Crippen LogP contribution in [0.2, 0.25) is 0 Å². The standard InChI is InChI=1S/C29H43Cl2N5O5/c1-5-8-14-20(24(37)26(39)32-15-6-2)34-25(38)23-21-19(29(21,30)31)16-36(23)27(40)22(18-12-10-9-11-13-18)35-28(41)33-17(4)7-3/h5-6,17-23H,1-2,7-16H2,3-4H3,(H,32,39)(H,34,38)(H2,33,35,41)/t17?,19-,20-,21-,22-,23-/m0/s1. The summed E-state index contributed by atoms with van der Waals surface area (Å²) in [7, 11) is 0. The minimum absolute atomic E-state index is 0.0723. The molecule has 12 heteroatoms. The molecule has 3 rings (SSSR count). The molecule has 0 bridgehead atoms. The molecule has 1 aliphatic heterocycles. The smallest absolute Gasteiger partial charge is 0.315 e. The SMILES string of the molecule is C=CCC[C@H](NC(=O)[C@@H]1[C@@H]2[C@H](CN1C(=O)[C@@H](NC(=O)NC(C)CC)C1CCCCC1)C2(Cl)Cl)C(=O)C(=O)NCC=C. The van der Waals surface area contributed by atoms with Crippen LogP contribution in [0.3, 0.4) is 0 Å². The monoisotopic (exact) mass is 611 g/mol. The summed E-state index contributed by atoms with van der Waals surface area (Å²) < 4.78 is -1.19. The molecular formula is C29H43Cl2N5O5. The number of nitrogens with zero attached hydrogens (tertiary/aromatic N) is 1. The fourth-order valence-corrected chi connectivity index (χ4v) is 6.72. The number of rotatable bonds is 14. The number of Topliss-reactive ketones (excluding diaryl/α,β-unsaturated/α-hetero) is 1. The van der Waals surface area contributed by atoms with Crippen LogP contribution >= 0.6 is 23.2 Å². The number of nitrogens with one attached hydrogen (secondary N) is 4. The molecule has 228 valence electrons. The summed E-state index contributed by atoms with van der Waals surface area (Å²) in [5.41, 5.74) is 0. The number of hydrogen-bond donors (Lipinski definition) is 4. The summed E-state index contributed by atoms with van der Waals surface area (Å²) in [6.45, 7) is 11.3. The molecule has 3 fully saturated rings. The molecule has 4 N–H and O–H groups in total. The van der Waals surface area contributed by atoms with E-state index < -0.39 is 52.0 Å². The second kappa shape index (κ2) is 14.5. The Hall–Kier alpha value is -2.59. The number of fused-ring (bicyclic) bond motifs is 1. The predicted molar refractivity (Wildman–Crippen MR) is 158 cm³/mol. The van der Waals surface area contributed by atoms with Crippen molar-refractivity contribution in [3.63, 3.8) is 0 Å². The van der Waals surface area contributed by atoms with E-state index in [0.717, 1.165) is 38.5 Å². The average molecular weight is 613 g/mol. The molecule has 5 amide bonds. The highest BCUT2D eigenvalue weighted by Gasteiger charge is 2.74. The molecule has 0 radical (unpaired) electrons. The van der Waals surface area contributed by atoms with Crippen molar-refractivity contribution in [1.82, 2.24) is 26.2 Å². The Balaban J connectivity index is 1.84. The van der Waals surface area contributed by atoms with E-state index in [0.29, 0.717) is 6.42 Å². The zero-order chi connectivity index (χ0) is 30.3. The second-order valence-electron chi connectivity index (χ2n) is 11.3. The zero-order valence-electron chi connectivity index (χ0n) is 23.9. The van der Waals surface area contributed by atoms with Crippen LogP contribution in [0.25, 0.3) is 0 Å². The molecule has 2 saturated carbocycles. The van der Waals surface area contributed by atoms with Crippen molar-refractivity contribution in [2.45, 2.75) is 93.7 Å². The number of halogens is 2. The molecule has 3 aliphatic rings. The van der Waals surface area contributed by atoms with Gasteiger partial charge in [-0.3, -0.25) is 19.2 Å². The number of carbonyl (C=O) groups excluding carboxylic acids is 5. The number of hydrogen-bond acceptors (Lipinski definition) is 5. The van der Waals surface area contributed by atoms with Crippen LogP contribution in [0.15, 0.2) is 25.3 Å². The average Bonchev–Trinajstić information content (AvgIpc) is 3.27. The van der Waals surface area contributed by atoms with Gasteiger partial charge in [-0.2, -0.15) is 0 Å². The van der Waals surface area contributed by atoms with E-state index in [1.54, 1.807) is 6.08 Å². The molecule has 1 saturated heterocycles. The van der Waals surface area contributed by atoms with Gasteiger partial charge in [0.15, 0.2) is 0 Å². The molecule has 6 atom stereocenters. The molecule has 41 heavy (non-hydrogen) atoms. The second-order valence-corrected chi connectivity index (χ2v) is 12.8. The first kappa shape index (κ1) is 32.9. The highest BCUT2D eigenvalue weighted by Crippen LogP contribution is 2.65. The minimum Gasteiger partial charge on any atom is -0.346 e. The first-order valence-corrected chi connectivity index (χ1v) is 15.3. The number of piperidine rings is 1. The summed E-state index contributed by atoms with van der Waals surface area (Å²) in [5, 5.41) is 10.9.